The van der Waals surface area contributed by atoms with Crippen LogP contribution in [0.5, 0.6) is 0 Å². The Morgan fingerprint density at radius 3 is 2.88 bits per heavy atom. The van der Waals surface area contributed by atoms with Gasteiger partial charge >= 0.3 is 0 Å². The maximum Gasteiger partial charge on any atom is 0.193 e. The van der Waals surface area contributed by atoms with E-state index in [1.807, 2.05) is 30.3 Å². The highest BCUT2D eigenvalue weighted by atomic mass is 16.5. The van der Waals surface area contributed by atoms with Crippen LogP contribution in [0.1, 0.15) is 13.3 Å². The van der Waals surface area contributed by atoms with Crippen LogP contribution in [0.2, 0.25) is 0 Å². The minimum Gasteiger partial charge on any atom is -0.381 e. The van der Waals surface area contributed by atoms with E-state index in [0.29, 0.717) is 11.9 Å². The summed E-state index contributed by atoms with van der Waals surface area (Å²) in [5, 5.41) is 3.08. The number of ether oxygens (including phenoxy) is 1. The molecule has 4 heteroatoms. The molecule has 1 heterocycles. The van der Waals surface area contributed by atoms with Crippen molar-refractivity contribution in [1.82, 2.24) is 0 Å². The molecule has 4 nitrogen and oxygen atoms in total. The zero-order chi connectivity index (χ0) is 12.1. The first-order valence-electron chi connectivity index (χ1n) is 5.99. The summed E-state index contributed by atoms with van der Waals surface area (Å²) in [5.41, 5.74) is 6.83. The van der Waals surface area contributed by atoms with Crippen molar-refractivity contribution in [2.45, 2.75) is 19.4 Å². The first-order chi connectivity index (χ1) is 8.25. The number of hydrogen-bond donors (Lipinski definition) is 2. The number of nitrogens with two attached hydrogens (primary N) is 1. The molecule has 0 radical (unpaired) electrons. The summed E-state index contributed by atoms with van der Waals surface area (Å²) in [5.74, 6) is 0.960. The maximum absolute atomic E-state index is 5.87. The van der Waals surface area contributed by atoms with Gasteiger partial charge in [0, 0.05) is 18.2 Å². The normalized spacial score (nSPS) is 22.4. The molecule has 1 aromatic carbocycles. The van der Waals surface area contributed by atoms with Crippen LogP contribution in [0.15, 0.2) is 35.3 Å². The van der Waals surface area contributed by atoms with Crippen LogP contribution < -0.4 is 11.1 Å². The van der Waals surface area contributed by atoms with Crippen molar-refractivity contribution in [2.24, 2.45) is 16.6 Å². The van der Waals surface area contributed by atoms with Crippen molar-refractivity contribution in [1.29, 1.82) is 0 Å². The third-order valence-corrected chi connectivity index (χ3v) is 3.04. The summed E-state index contributed by atoms with van der Waals surface area (Å²) in [7, 11) is 0. The Bertz CT molecular complexity index is 372. The quantitative estimate of drug-likeness (QED) is 0.618. The molecule has 2 rings (SSSR count). The number of anilines is 1. The lowest BCUT2D eigenvalue weighted by molar-refractivity contribution is 0.182. The van der Waals surface area contributed by atoms with Crippen LogP contribution in [0.25, 0.3) is 0 Å². The number of hydrogen-bond acceptors (Lipinski definition) is 2. The second kappa shape index (κ2) is 5.68. The van der Waals surface area contributed by atoms with Gasteiger partial charge in [0.1, 0.15) is 0 Å². The van der Waals surface area contributed by atoms with Crippen LogP contribution in [0.3, 0.4) is 0 Å². The van der Waals surface area contributed by atoms with E-state index in [1.165, 1.54) is 0 Å². The average molecular weight is 233 g/mol. The fourth-order valence-corrected chi connectivity index (χ4v) is 1.96. The van der Waals surface area contributed by atoms with Crippen molar-refractivity contribution < 1.29 is 4.74 Å². The van der Waals surface area contributed by atoms with Crippen molar-refractivity contribution in [3.05, 3.63) is 30.3 Å². The molecule has 92 valence electrons. The van der Waals surface area contributed by atoms with Gasteiger partial charge in [-0.15, -0.1) is 0 Å². The van der Waals surface area contributed by atoms with Crippen LogP contribution in [0.4, 0.5) is 5.69 Å². The second-order valence-electron chi connectivity index (χ2n) is 4.37. The molecule has 1 aliphatic rings. The summed E-state index contributed by atoms with van der Waals surface area (Å²) >= 11 is 0. The van der Waals surface area contributed by atoms with Gasteiger partial charge in [0.25, 0.3) is 0 Å². The molecule has 1 aliphatic heterocycles. The van der Waals surface area contributed by atoms with Gasteiger partial charge in [-0.25, -0.2) is 4.99 Å². The molecular weight excluding hydrogens is 214 g/mol. The summed E-state index contributed by atoms with van der Waals surface area (Å²) in [6, 6.07) is 10.0. The van der Waals surface area contributed by atoms with Gasteiger partial charge in [-0.2, -0.15) is 0 Å². The Kier molecular flexibility index (Phi) is 3.98. The molecular formula is C13H19N3O. The SMILES string of the molecule is CC(N=C(N)Nc1ccccc1)C1CCOC1. The number of guanidine groups is 1. The molecule has 0 aromatic heterocycles. The van der Waals surface area contributed by atoms with E-state index in [4.69, 9.17) is 10.5 Å². The molecule has 0 saturated carbocycles. The largest absolute Gasteiger partial charge is 0.381 e. The average Bonchev–Trinajstić information content (AvgIpc) is 2.83. The molecule has 0 aliphatic carbocycles. The van der Waals surface area contributed by atoms with Crippen molar-refractivity contribution in [2.75, 3.05) is 18.5 Å². The lowest BCUT2D eigenvalue weighted by Gasteiger charge is -2.14. The van der Waals surface area contributed by atoms with Gasteiger partial charge < -0.3 is 15.8 Å². The number of nitrogens with one attached hydrogen (secondary N) is 1. The lowest BCUT2D eigenvalue weighted by Crippen LogP contribution is -2.27. The van der Waals surface area contributed by atoms with Gasteiger partial charge in [-0.3, -0.25) is 0 Å². The minimum atomic E-state index is 0.203. The molecule has 0 bridgehead atoms. The zero-order valence-electron chi connectivity index (χ0n) is 10.1. The molecule has 0 amide bonds. The highest BCUT2D eigenvalue weighted by Crippen LogP contribution is 2.18. The number of aliphatic imine (C=N–C) groups is 1. The molecule has 17 heavy (non-hydrogen) atoms. The highest BCUT2D eigenvalue weighted by molar-refractivity contribution is 5.92. The van der Waals surface area contributed by atoms with E-state index in [1.54, 1.807) is 0 Å². The topological polar surface area (TPSA) is 59.6 Å². The second-order valence-corrected chi connectivity index (χ2v) is 4.37. The van der Waals surface area contributed by atoms with E-state index in [-0.39, 0.29) is 6.04 Å². The lowest BCUT2D eigenvalue weighted by atomic mass is 10.0. The van der Waals surface area contributed by atoms with Crippen molar-refractivity contribution >= 4 is 11.6 Å². The van der Waals surface area contributed by atoms with Crippen LogP contribution >= 0.6 is 0 Å². The molecule has 1 fully saturated rings. The Morgan fingerprint density at radius 1 is 1.47 bits per heavy atom. The number of nitrogens with zero attached hydrogens (tertiary/aromatic N) is 1. The number of para-hydroxylation sites is 1. The summed E-state index contributed by atoms with van der Waals surface area (Å²) in [6.07, 6.45) is 1.07. The zero-order valence-corrected chi connectivity index (χ0v) is 10.1. The summed E-state index contributed by atoms with van der Waals surface area (Å²) in [6.45, 7) is 3.72. The third-order valence-electron chi connectivity index (χ3n) is 3.04. The molecule has 0 spiro atoms. The fourth-order valence-electron chi connectivity index (χ4n) is 1.96. The fraction of sp³-hybridized carbons (Fsp3) is 0.462. The Morgan fingerprint density at radius 2 is 2.24 bits per heavy atom. The predicted molar refractivity (Wildman–Crippen MR) is 70.1 cm³/mol. The maximum atomic E-state index is 5.87. The van der Waals surface area contributed by atoms with Gasteiger partial charge in [-0.05, 0) is 25.5 Å². The van der Waals surface area contributed by atoms with Crippen LogP contribution in [-0.4, -0.2) is 25.2 Å². The summed E-state index contributed by atoms with van der Waals surface area (Å²) < 4.78 is 5.35. The van der Waals surface area contributed by atoms with Gasteiger partial charge in [0.05, 0.1) is 12.6 Å². The van der Waals surface area contributed by atoms with E-state index < -0.39 is 0 Å². The minimum absolute atomic E-state index is 0.203. The third kappa shape index (κ3) is 3.46. The smallest absolute Gasteiger partial charge is 0.193 e. The van der Waals surface area contributed by atoms with E-state index in [2.05, 4.69) is 17.2 Å². The Hall–Kier alpha value is -1.55. The molecule has 2 atom stereocenters. The molecule has 3 N–H and O–H groups in total. The van der Waals surface area contributed by atoms with E-state index in [9.17, 15) is 0 Å². The van der Waals surface area contributed by atoms with E-state index in [0.717, 1.165) is 25.3 Å². The van der Waals surface area contributed by atoms with Crippen molar-refractivity contribution in [3.8, 4) is 0 Å². The van der Waals surface area contributed by atoms with E-state index >= 15 is 0 Å². The standard InChI is InChI=1S/C13H19N3O/c1-10(11-7-8-17-9-11)15-13(14)16-12-5-3-2-4-6-12/h2-6,10-11H,7-9H2,1H3,(H3,14,15,16). The first kappa shape index (κ1) is 11.9. The molecule has 1 saturated heterocycles. The number of benzene rings is 1. The Labute approximate surface area is 102 Å². The Balaban J connectivity index is 1.92. The van der Waals surface area contributed by atoms with Gasteiger partial charge in [0.15, 0.2) is 5.96 Å². The first-order valence-corrected chi connectivity index (χ1v) is 5.99. The van der Waals surface area contributed by atoms with Crippen molar-refractivity contribution in [3.63, 3.8) is 0 Å². The van der Waals surface area contributed by atoms with Gasteiger partial charge in [-0.1, -0.05) is 18.2 Å². The summed E-state index contributed by atoms with van der Waals surface area (Å²) in [4.78, 5) is 4.46. The van der Waals surface area contributed by atoms with Crippen LogP contribution in [-0.2, 0) is 4.74 Å². The van der Waals surface area contributed by atoms with Crippen LogP contribution in [0, 0.1) is 5.92 Å². The monoisotopic (exact) mass is 233 g/mol. The molecule has 2 unspecified atom stereocenters. The number of rotatable bonds is 3. The predicted octanol–water partition coefficient (Wildman–Crippen LogP) is 1.84. The molecule has 1 aromatic rings. The van der Waals surface area contributed by atoms with Gasteiger partial charge in [0.2, 0.25) is 0 Å². The highest BCUT2D eigenvalue weighted by Gasteiger charge is 2.21.